The van der Waals surface area contributed by atoms with Gasteiger partial charge in [-0.05, 0) is 7.05 Å². The maximum Gasteiger partial charge on any atom is 0.323 e. The summed E-state index contributed by atoms with van der Waals surface area (Å²) in [6.07, 6.45) is 0.104. The zero-order valence-corrected chi connectivity index (χ0v) is 6.78. The quantitative estimate of drug-likeness (QED) is 0.510. The number of nitrogens with zero attached hydrogens (tertiary/aromatic N) is 1. The van der Waals surface area contributed by atoms with E-state index in [1.165, 1.54) is 7.11 Å². The molecule has 64 valence electrons. The van der Waals surface area contributed by atoms with Gasteiger partial charge in [0, 0.05) is 13.0 Å². The summed E-state index contributed by atoms with van der Waals surface area (Å²) in [5, 5.41) is 9.16. The molecule has 0 bridgehead atoms. The Bertz CT molecular complexity index is 160. The lowest BCUT2D eigenvalue weighted by atomic mass is 10.2. The Labute approximate surface area is 65.8 Å². The van der Waals surface area contributed by atoms with Crippen LogP contribution in [-0.2, 0) is 9.53 Å². The summed E-state index contributed by atoms with van der Waals surface area (Å²) in [7, 11) is 3.17. The van der Waals surface area contributed by atoms with Crippen molar-refractivity contribution in [2.45, 2.75) is 18.6 Å². The smallest absolute Gasteiger partial charge is 0.323 e. The van der Waals surface area contributed by atoms with Crippen LogP contribution in [0.25, 0.3) is 0 Å². The highest BCUT2D eigenvalue weighted by atomic mass is 16.5. The van der Waals surface area contributed by atoms with E-state index in [4.69, 9.17) is 5.11 Å². The van der Waals surface area contributed by atoms with Gasteiger partial charge < -0.3 is 9.84 Å². The lowest BCUT2D eigenvalue weighted by molar-refractivity contribution is -0.145. The lowest BCUT2D eigenvalue weighted by Gasteiger charge is -2.15. The number of esters is 1. The summed E-state index contributed by atoms with van der Waals surface area (Å²) >= 11 is 0. The number of β-amino-alcohol motifs (C(OH)–C–C–N with tert-alkyl or cyclic N) is 1. The number of hydrogen-bond donors (Lipinski definition) is 1. The van der Waals surface area contributed by atoms with Gasteiger partial charge in [0.2, 0.25) is 0 Å². The van der Waals surface area contributed by atoms with Crippen LogP contribution < -0.4 is 0 Å². The Morgan fingerprint density at radius 1 is 1.73 bits per heavy atom. The average molecular weight is 159 g/mol. The fourth-order valence-corrected chi connectivity index (χ4v) is 1.38. The molecular formula is C7H13NO3. The highest BCUT2D eigenvalue weighted by Crippen LogP contribution is 2.16. The Hall–Kier alpha value is -0.610. The van der Waals surface area contributed by atoms with Gasteiger partial charge in [0.25, 0.3) is 0 Å². The average Bonchev–Trinajstić information content (AvgIpc) is 2.28. The van der Waals surface area contributed by atoms with Crippen LogP contribution in [-0.4, -0.2) is 48.8 Å². The molecular weight excluding hydrogens is 146 g/mol. The van der Waals surface area contributed by atoms with Crippen molar-refractivity contribution in [3.05, 3.63) is 0 Å². The number of carbonyl (C=O) groups is 1. The fraction of sp³-hybridized carbons (Fsp3) is 0.857. The van der Waals surface area contributed by atoms with E-state index in [-0.39, 0.29) is 18.1 Å². The van der Waals surface area contributed by atoms with Gasteiger partial charge in [0.15, 0.2) is 0 Å². The fourth-order valence-electron chi connectivity index (χ4n) is 1.38. The molecule has 0 saturated carbocycles. The van der Waals surface area contributed by atoms with Gasteiger partial charge in [-0.2, -0.15) is 0 Å². The lowest BCUT2D eigenvalue weighted by Crippen LogP contribution is -2.33. The first-order chi connectivity index (χ1) is 5.15. The van der Waals surface area contributed by atoms with Gasteiger partial charge >= 0.3 is 5.97 Å². The van der Waals surface area contributed by atoms with Crippen LogP contribution in [0.15, 0.2) is 0 Å². The van der Waals surface area contributed by atoms with E-state index in [1.807, 2.05) is 0 Å². The molecule has 1 fully saturated rings. The highest BCUT2D eigenvalue weighted by molar-refractivity contribution is 5.76. The maximum atomic E-state index is 11.0. The van der Waals surface area contributed by atoms with Crippen LogP contribution in [0.4, 0.5) is 0 Å². The Morgan fingerprint density at radius 2 is 2.36 bits per heavy atom. The highest BCUT2D eigenvalue weighted by Gasteiger charge is 2.33. The van der Waals surface area contributed by atoms with Crippen molar-refractivity contribution >= 4 is 5.97 Å². The second kappa shape index (κ2) is 3.19. The third-order valence-corrected chi connectivity index (χ3v) is 2.00. The summed E-state index contributed by atoms with van der Waals surface area (Å²) in [6, 6.07) is -0.255. The first-order valence-electron chi connectivity index (χ1n) is 3.61. The number of likely N-dealkylation sites (N-methyl/N-ethyl adjacent to an activating group) is 1. The summed E-state index contributed by atoms with van der Waals surface area (Å²) < 4.78 is 4.56. The Balaban J connectivity index is 2.52. The number of aliphatic hydroxyl groups is 1. The second-order valence-corrected chi connectivity index (χ2v) is 2.87. The van der Waals surface area contributed by atoms with Gasteiger partial charge in [0.1, 0.15) is 6.04 Å². The molecule has 4 nitrogen and oxygen atoms in total. The number of ether oxygens (including phenoxy) is 1. The molecule has 4 heteroatoms. The molecule has 1 saturated heterocycles. The van der Waals surface area contributed by atoms with E-state index >= 15 is 0 Å². The van der Waals surface area contributed by atoms with Gasteiger partial charge in [-0.3, -0.25) is 9.69 Å². The van der Waals surface area contributed by atoms with E-state index in [9.17, 15) is 4.79 Å². The molecule has 0 radical (unpaired) electrons. The number of hydrogen-bond acceptors (Lipinski definition) is 4. The minimum Gasteiger partial charge on any atom is -0.468 e. The van der Waals surface area contributed by atoms with E-state index in [1.54, 1.807) is 11.9 Å². The van der Waals surface area contributed by atoms with E-state index in [0.717, 1.165) is 0 Å². The summed E-state index contributed by atoms with van der Waals surface area (Å²) in [6.45, 7) is 0.555. The van der Waals surface area contributed by atoms with Gasteiger partial charge in [-0.15, -0.1) is 0 Å². The second-order valence-electron chi connectivity index (χ2n) is 2.87. The summed E-state index contributed by atoms with van der Waals surface area (Å²) in [5.74, 6) is -0.260. The number of carbonyl (C=O) groups excluding carboxylic acids is 1. The summed E-state index contributed by atoms with van der Waals surface area (Å²) in [4.78, 5) is 12.8. The third kappa shape index (κ3) is 1.70. The molecule has 1 heterocycles. The van der Waals surface area contributed by atoms with Crippen LogP contribution >= 0.6 is 0 Å². The minimum atomic E-state index is -0.385. The number of aliphatic hydroxyl groups excluding tert-OH is 1. The van der Waals surface area contributed by atoms with E-state index in [2.05, 4.69) is 4.74 Å². The molecule has 1 aliphatic rings. The van der Waals surface area contributed by atoms with E-state index in [0.29, 0.717) is 13.0 Å². The van der Waals surface area contributed by atoms with Crippen LogP contribution in [0.3, 0.4) is 0 Å². The molecule has 1 N–H and O–H groups in total. The predicted molar refractivity (Wildman–Crippen MR) is 39.1 cm³/mol. The van der Waals surface area contributed by atoms with Gasteiger partial charge in [-0.1, -0.05) is 0 Å². The van der Waals surface area contributed by atoms with Gasteiger partial charge in [0.05, 0.1) is 13.2 Å². The van der Waals surface area contributed by atoms with Crippen molar-refractivity contribution in [1.29, 1.82) is 0 Å². The maximum absolute atomic E-state index is 11.0. The van der Waals surface area contributed by atoms with Crippen molar-refractivity contribution in [2.24, 2.45) is 0 Å². The molecule has 0 unspecified atom stereocenters. The molecule has 0 spiro atoms. The number of rotatable bonds is 1. The molecule has 11 heavy (non-hydrogen) atoms. The zero-order chi connectivity index (χ0) is 8.43. The van der Waals surface area contributed by atoms with Crippen molar-refractivity contribution in [2.75, 3.05) is 20.7 Å². The van der Waals surface area contributed by atoms with Crippen molar-refractivity contribution < 1.29 is 14.6 Å². The largest absolute Gasteiger partial charge is 0.468 e. The monoisotopic (exact) mass is 159 g/mol. The number of likely N-dealkylation sites (tertiary alicyclic amines) is 1. The Morgan fingerprint density at radius 3 is 2.73 bits per heavy atom. The molecule has 0 aromatic rings. The standard InChI is InChI=1S/C7H13NO3/c1-8-4-5(9)3-6(8)7(10)11-2/h5-6,9H,3-4H2,1-2H3/t5-,6-/m1/s1. The van der Waals surface area contributed by atoms with Crippen molar-refractivity contribution in [1.82, 2.24) is 4.90 Å². The van der Waals surface area contributed by atoms with Crippen LogP contribution in [0.5, 0.6) is 0 Å². The number of methoxy groups -OCH3 is 1. The van der Waals surface area contributed by atoms with Crippen molar-refractivity contribution in [3.8, 4) is 0 Å². The predicted octanol–water partition coefficient (Wildman–Crippen LogP) is -0.776. The molecule has 0 aliphatic carbocycles. The molecule has 0 amide bonds. The SMILES string of the molecule is COC(=O)[C@H]1C[C@@H](O)CN1C. The van der Waals surface area contributed by atoms with E-state index < -0.39 is 0 Å². The van der Waals surface area contributed by atoms with Crippen LogP contribution in [0.1, 0.15) is 6.42 Å². The zero-order valence-electron chi connectivity index (χ0n) is 6.78. The van der Waals surface area contributed by atoms with Crippen LogP contribution in [0, 0.1) is 0 Å². The molecule has 1 aliphatic heterocycles. The van der Waals surface area contributed by atoms with Crippen LogP contribution in [0.2, 0.25) is 0 Å². The first kappa shape index (κ1) is 8.49. The van der Waals surface area contributed by atoms with Crippen molar-refractivity contribution in [3.63, 3.8) is 0 Å². The van der Waals surface area contributed by atoms with Gasteiger partial charge in [-0.25, -0.2) is 0 Å². The third-order valence-electron chi connectivity index (χ3n) is 2.00. The topological polar surface area (TPSA) is 49.8 Å². The molecule has 0 aromatic carbocycles. The molecule has 2 atom stereocenters. The summed E-state index contributed by atoms with van der Waals surface area (Å²) in [5.41, 5.74) is 0. The molecule has 0 aromatic heterocycles. The normalized spacial score (nSPS) is 32.3. The molecule has 1 rings (SSSR count). The first-order valence-corrected chi connectivity index (χ1v) is 3.61. The minimum absolute atomic E-state index is 0.255. The Kier molecular flexibility index (Phi) is 2.46.